The maximum atomic E-state index is 7.97. The van der Waals surface area contributed by atoms with Gasteiger partial charge in [-0.15, -0.1) is 6.42 Å². The first kappa shape index (κ1) is 9.29. The average Bonchev–Trinajstić information content (AvgIpc) is 2.10. The molecule has 12 heavy (non-hydrogen) atoms. The van der Waals surface area contributed by atoms with Crippen LogP contribution in [0.3, 0.4) is 0 Å². The molecular weight excluding hydrogens is 146 g/mol. The number of nitrogens with zero attached hydrogens (tertiary/aromatic N) is 1. The molecule has 0 N–H and O–H groups in total. The van der Waals surface area contributed by atoms with Gasteiger partial charge in [0.25, 0.3) is 0 Å². The molecule has 50 valence electrons. The molecule has 1 nitrogen and oxygen atoms in total. The molecule has 0 saturated carbocycles. The van der Waals surface area contributed by atoms with Crippen LogP contribution in [-0.4, -0.2) is 0 Å². The summed E-state index contributed by atoms with van der Waals surface area (Å²) >= 11 is 0. The molecular formula is C11HN. The lowest BCUT2D eigenvalue weighted by Gasteiger charge is -1.53. The van der Waals surface area contributed by atoms with Gasteiger partial charge in [0.15, 0.2) is 6.07 Å². The lowest BCUT2D eigenvalue weighted by Crippen LogP contribution is -1.53. The van der Waals surface area contributed by atoms with Crippen LogP contribution < -0.4 is 0 Å². The summed E-state index contributed by atoms with van der Waals surface area (Å²) in [5.74, 6) is 20.6. The van der Waals surface area contributed by atoms with Gasteiger partial charge in [-0.05, 0) is 23.7 Å². The minimum atomic E-state index is 1.61. The molecule has 0 rings (SSSR count). The van der Waals surface area contributed by atoms with Crippen LogP contribution in [0.15, 0.2) is 0 Å². The van der Waals surface area contributed by atoms with Crippen molar-refractivity contribution in [1.29, 1.82) is 5.26 Å². The molecule has 0 saturated heterocycles. The zero-order chi connectivity index (χ0) is 9.07. The molecule has 0 bridgehead atoms. The summed E-state index contributed by atoms with van der Waals surface area (Å²) in [5, 5.41) is 7.97. The van der Waals surface area contributed by atoms with E-state index >= 15 is 0 Å². The first-order valence-electron chi connectivity index (χ1n) is 2.76. The van der Waals surface area contributed by atoms with E-state index in [1.807, 2.05) is 0 Å². The van der Waals surface area contributed by atoms with Crippen molar-refractivity contribution in [1.82, 2.24) is 0 Å². The third-order valence-corrected chi connectivity index (χ3v) is 0.566. The molecule has 0 unspecified atom stereocenters. The van der Waals surface area contributed by atoms with Crippen LogP contribution in [0, 0.1) is 71.0 Å². The average molecular weight is 147 g/mol. The summed E-state index contributed by atoms with van der Waals surface area (Å²) in [5.41, 5.74) is 0. The topological polar surface area (TPSA) is 23.8 Å². The second kappa shape index (κ2) is 8.29. The maximum absolute atomic E-state index is 7.97. The second-order valence-electron chi connectivity index (χ2n) is 1.26. The molecule has 0 fully saturated rings. The van der Waals surface area contributed by atoms with Gasteiger partial charge in [-0.1, -0.05) is 0 Å². The van der Waals surface area contributed by atoms with E-state index in [4.69, 9.17) is 11.7 Å². The van der Waals surface area contributed by atoms with Crippen molar-refractivity contribution in [3.05, 3.63) is 0 Å². The maximum Gasteiger partial charge on any atom is 0.153 e. The zero-order valence-electron chi connectivity index (χ0n) is 6.02. The third-order valence-electron chi connectivity index (χ3n) is 0.566. The highest BCUT2D eigenvalue weighted by atomic mass is 14.2. The molecule has 0 aliphatic rings. The molecule has 0 radical (unpaired) electrons. The van der Waals surface area contributed by atoms with Crippen LogP contribution in [0.5, 0.6) is 0 Å². The van der Waals surface area contributed by atoms with Gasteiger partial charge in [0.05, 0.1) is 0 Å². The van der Waals surface area contributed by atoms with E-state index in [1.54, 1.807) is 6.07 Å². The van der Waals surface area contributed by atoms with E-state index in [0.717, 1.165) is 0 Å². The minimum Gasteiger partial charge on any atom is -0.183 e. The molecule has 0 atom stereocenters. The number of nitriles is 1. The van der Waals surface area contributed by atoms with Crippen LogP contribution in [0.2, 0.25) is 0 Å². The van der Waals surface area contributed by atoms with Gasteiger partial charge < -0.3 is 0 Å². The Morgan fingerprint density at radius 2 is 1.08 bits per heavy atom. The van der Waals surface area contributed by atoms with Crippen molar-refractivity contribution in [3.63, 3.8) is 0 Å². The number of rotatable bonds is 0. The molecule has 0 aromatic carbocycles. The van der Waals surface area contributed by atoms with Gasteiger partial charge in [-0.25, -0.2) is 0 Å². The predicted octanol–water partition coefficient (Wildman–Crippen LogP) is 0.157. The van der Waals surface area contributed by atoms with Crippen molar-refractivity contribution < 1.29 is 0 Å². The van der Waals surface area contributed by atoms with Crippen LogP contribution >= 0.6 is 0 Å². The number of hydrogen-bond acceptors (Lipinski definition) is 1. The Labute approximate surface area is 71.8 Å². The van der Waals surface area contributed by atoms with E-state index in [0.29, 0.717) is 0 Å². The van der Waals surface area contributed by atoms with E-state index in [1.165, 1.54) is 0 Å². The number of terminal acetylenes is 1. The summed E-state index contributed by atoms with van der Waals surface area (Å²) in [6.07, 6.45) is 4.82. The molecule has 1 heteroatoms. The SMILES string of the molecule is C#CC#CC#CC#CC#CC#N. The second-order valence-corrected chi connectivity index (χ2v) is 1.26. The Balaban J connectivity index is 4.12. The fraction of sp³-hybridized carbons (Fsp3) is 0. The summed E-state index contributed by atoms with van der Waals surface area (Å²) in [6.45, 7) is 0. The molecule has 0 heterocycles. The quantitative estimate of drug-likeness (QED) is 0.448. The van der Waals surface area contributed by atoms with Crippen LogP contribution in [0.1, 0.15) is 0 Å². The highest BCUT2D eigenvalue weighted by Gasteiger charge is 1.55. The molecule has 0 aromatic heterocycles. The van der Waals surface area contributed by atoms with Crippen molar-refractivity contribution >= 4 is 0 Å². The summed E-state index contributed by atoms with van der Waals surface area (Å²) < 4.78 is 0. The number of hydrogen-bond donors (Lipinski definition) is 0. The summed E-state index contributed by atoms with van der Waals surface area (Å²) in [4.78, 5) is 0. The van der Waals surface area contributed by atoms with Gasteiger partial charge in [0, 0.05) is 29.6 Å². The standard InChI is InChI=1S/C11HN/c1-2-3-4-5-6-7-8-9-10-11-12/h1H. The Bertz CT molecular complexity index is 417. The molecule has 0 aliphatic carbocycles. The molecule has 0 aliphatic heterocycles. The minimum absolute atomic E-state index is 1.61. The Kier molecular flexibility index (Phi) is 6.42. The first-order chi connectivity index (χ1) is 5.91. The Morgan fingerprint density at radius 3 is 1.50 bits per heavy atom. The van der Waals surface area contributed by atoms with Crippen molar-refractivity contribution in [2.45, 2.75) is 0 Å². The predicted molar refractivity (Wildman–Crippen MR) is 45.5 cm³/mol. The van der Waals surface area contributed by atoms with Crippen molar-refractivity contribution in [2.24, 2.45) is 0 Å². The van der Waals surface area contributed by atoms with Crippen LogP contribution in [-0.2, 0) is 0 Å². The summed E-state index contributed by atoms with van der Waals surface area (Å²) in [6, 6.07) is 1.61. The summed E-state index contributed by atoms with van der Waals surface area (Å²) in [7, 11) is 0. The van der Waals surface area contributed by atoms with Crippen molar-refractivity contribution in [2.75, 3.05) is 0 Å². The highest BCUT2D eigenvalue weighted by molar-refractivity contribution is 5.42. The van der Waals surface area contributed by atoms with E-state index in [9.17, 15) is 0 Å². The first-order valence-corrected chi connectivity index (χ1v) is 2.76. The van der Waals surface area contributed by atoms with E-state index < -0.39 is 0 Å². The Morgan fingerprint density at radius 1 is 0.667 bits per heavy atom. The van der Waals surface area contributed by atoms with Gasteiger partial charge >= 0.3 is 0 Å². The molecule has 0 spiro atoms. The Hall–Kier alpha value is -2.71. The normalized spacial score (nSPS) is 3.50. The fourth-order valence-corrected chi connectivity index (χ4v) is 0.252. The third kappa shape index (κ3) is 7.29. The lowest BCUT2D eigenvalue weighted by molar-refractivity contribution is 1.55. The molecule has 0 aromatic rings. The van der Waals surface area contributed by atoms with Gasteiger partial charge in [0.2, 0.25) is 0 Å². The monoisotopic (exact) mass is 147 g/mol. The molecule has 0 amide bonds. The van der Waals surface area contributed by atoms with Gasteiger partial charge in [0.1, 0.15) is 0 Å². The zero-order valence-corrected chi connectivity index (χ0v) is 6.02. The van der Waals surface area contributed by atoms with Crippen LogP contribution in [0.4, 0.5) is 0 Å². The van der Waals surface area contributed by atoms with E-state index in [2.05, 4.69) is 53.3 Å². The van der Waals surface area contributed by atoms with Crippen LogP contribution in [0.25, 0.3) is 0 Å². The van der Waals surface area contributed by atoms with Gasteiger partial charge in [-0.3, -0.25) is 0 Å². The van der Waals surface area contributed by atoms with Gasteiger partial charge in [-0.2, -0.15) is 5.26 Å². The smallest absolute Gasteiger partial charge is 0.153 e. The van der Waals surface area contributed by atoms with E-state index in [-0.39, 0.29) is 0 Å². The lowest BCUT2D eigenvalue weighted by atomic mass is 10.5. The fourth-order valence-electron chi connectivity index (χ4n) is 0.252. The largest absolute Gasteiger partial charge is 0.183 e. The van der Waals surface area contributed by atoms with Crippen molar-refractivity contribution in [3.8, 4) is 65.8 Å². The highest BCUT2D eigenvalue weighted by Crippen LogP contribution is 1.54.